The fourth-order valence-corrected chi connectivity index (χ4v) is 3.31. The van der Waals surface area contributed by atoms with Gasteiger partial charge in [-0.3, -0.25) is 23.5 Å². The highest BCUT2D eigenvalue weighted by Gasteiger charge is 2.21. The highest BCUT2D eigenvalue weighted by atomic mass is 16.5. The zero-order valence-corrected chi connectivity index (χ0v) is 18.2. The lowest BCUT2D eigenvalue weighted by molar-refractivity contribution is -0.153. The van der Waals surface area contributed by atoms with Crippen LogP contribution in [-0.4, -0.2) is 33.7 Å². The lowest BCUT2D eigenvalue weighted by Crippen LogP contribution is -2.41. The number of ether oxygens (including phenoxy) is 2. The maximum absolute atomic E-state index is 12.8. The normalized spacial score (nSPS) is 11.7. The monoisotopic (exact) mass is 439 g/mol. The predicted octanol–water partition coefficient (Wildman–Crippen LogP) is 2.15. The average molecular weight is 439 g/mol. The van der Waals surface area contributed by atoms with Crippen LogP contribution in [0, 0.1) is 0 Å². The Morgan fingerprint density at radius 1 is 1.00 bits per heavy atom. The van der Waals surface area contributed by atoms with Gasteiger partial charge >= 0.3 is 11.7 Å². The molecule has 0 saturated carbocycles. The molecule has 0 saturated heterocycles. The average Bonchev–Trinajstić information content (AvgIpc) is 2.78. The number of nitrogens with one attached hydrogen (secondary N) is 1. The van der Waals surface area contributed by atoms with Crippen molar-refractivity contribution in [1.82, 2.24) is 9.13 Å². The zero-order valence-electron chi connectivity index (χ0n) is 18.2. The molecular weight excluding hydrogens is 414 g/mol. The van der Waals surface area contributed by atoms with E-state index in [2.05, 4.69) is 5.32 Å². The minimum Gasteiger partial charge on any atom is -0.492 e. The van der Waals surface area contributed by atoms with E-state index in [9.17, 15) is 19.2 Å². The first-order valence-corrected chi connectivity index (χ1v) is 10.3. The number of hydrogen-bond acceptors (Lipinski definition) is 6. The van der Waals surface area contributed by atoms with Crippen LogP contribution in [0.25, 0.3) is 10.9 Å². The molecule has 0 fully saturated rings. The molecule has 0 aliphatic heterocycles. The zero-order chi connectivity index (χ0) is 23.3. The number of benzene rings is 2. The third kappa shape index (κ3) is 4.72. The minimum atomic E-state index is -1.11. The van der Waals surface area contributed by atoms with Gasteiger partial charge in [0, 0.05) is 6.54 Å². The number of carbonyl (C=O) groups is 2. The highest BCUT2D eigenvalue weighted by Crippen LogP contribution is 2.24. The summed E-state index contributed by atoms with van der Waals surface area (Å²) < 4.78 is 13.0. The Morgan fingerprint density at radius 3 is 2.41 bits per heavy atom. The number of esters is 1. The van der Waals surface area contributed by atoms with Crippen molar-refractivity contribution in [2.75, 3.05) is 11.9 Å². The topological polar surface area (TPSA) is 109 Å². The van der Waals surface area contributed by atoms with Crippen LogP contribution in [0.5, 0.6) is 5.75 Å². The molecule has 0 bridgehead atoms. The molecule has 9 nitrogen and oxygen atoms in total. The summed E-state index contributed by atoms with van der Waals surface area (Å²) in [5, 5.41) is 3.00. The second-order valence-corrected chi connectivity index (χ2v) is 6.99. The van der Waals surface area contributed by atoms with E-state index >= 15 is 0 Å². The number of nitrogens with zero attached hydrogens (tertiary/aromatic N) is 2. The van der Waals surface area contributed by atoms with Gasteiger partial charge in [0.15, 0.2) is 6.10 Å². The quantitative estimate of drug-likeness (QED) is 0.539. The molecule has 1 aromatic heterocycles. The molecule has 2 aromatic carbocycles. The number of para-hydroxylation sites is 3. The second kappa shape index (κ2) is 9.95. The van der Waals surface area contributed by atoms with Crippen LogP contribution in [0.1, 0.15) is 20.8 Å². The molecule has 0 spiro atoms. The van der Waals surface area contributed by atoms with Gasteiger partial charge in [0.2, 0.25) is 0 Å². The predicted molar refractivity (Wildman–Crippen MR) is 120 cm³/mol. The van der Waals surface area contributed by atoms with Gasteiger partial charge in [0.05, 0.1) is 23.2 Å². The molecule has 1 amide bonds. The standard InChI is InChI=1S/C23H25N3O6/c1-4-25-22(29)16-10-6-8-12-18(16)26(23(25)30)14-20(27)32-15(3)21(28)24-17-11-7-9-13-19(17)31-5-2/h6-13,15H,4-5,14H2,1-3H3,(H,24,28). The van der Waals surface area contributed by atoms with Crippen LogP contribution in [0.3, 0.4) is 0 Å². The molecule has 1 unspecified atom stereocenters. The van der Waals surface area contributed by atoms with E-state index in [0.29, 0.717) is 28.9 Å². The first-order chi connectivity index (χ1) is 15.4. The molecule has 32 heavy (non-hydrogen) atoms. The van der Waals surface area contributed by atoms with Crippen LogP contribution in [-0.2, 0) is 27.4 Å². The second-order valence-electron chi connectivity index (χ2n) is 6.99. The van der Waals surface area contributed by atoms with E-state index in [1.807, 2.05) is 6.92 Å². The lowest BCUT2D eigenvalue weighted by Gasteiger charge is -2.17. The van der Waals surface area contributed by atoms with E-state index in [1.54, 1.807) is 55.5 Å². The first kappa shape index (κ1) is 22.8. The van der Waals surface area contributed by atoms with Gasteiger partial charge in [-0.15, -0.1) is 0 Å². The van der Waals surface area contributed by atoms with Crippen molar-refractivity contribution < 1.29 is 19.1 Å². The molecule has 1 N–H and O–H groups in total. The number of fused-ring (bicyclic) bond motifs is 1. The van der Waals surface area contributed by atoms with Gasteiger partial charge in [0.1, 0.15) is 12.3 Å². The number of aromatic nitrogens is 2. The Morgan fingerprint density at radius 2 is 1.69 bits per heavy atom. The Kier molecular flexibility index (Phi) is 7.09. The van der Waals surface area contributed by atoms with Crippen molar-refractivity contribution in [3.63, 3.8) is 0 Å². The summed E-state index contributed by atoms with van der Waals surface area (Å²) >= 11 is 0. The number of amides is 1. The summed E-state index contributed by atoms with van der Waals surface area (Å²) in [4.78, 5) is 50.3. The number of hydrogen-bond donors (Lipinski definition) is 1. The Hall–Kier alpha value is -3.88. The van der Waals surface area contributed by atoms with E-state index in [-0.39, 0.29) is 6.54 Å². The number of anilines is 1. The third-order valence-electron chi connectivity index (χ3n) is 4.86. The van der Waals surface area contributed by atoms with Gasteiger partial charge in [-0.25, -0.2) is 4.79 Å². The van der Waals surface area contributed by atoms with Crippen molar-refractivity contribution in [2.24, 2.45) is 0 Å². The smallest absolute Gasteiger partial charge is 0.332 e. The van der Waals surface area contributed by atoms with Crippen LogP contribution >= 0.6 is 0 Å². The molecule has 0 radical (unpaired) electrons. The van der Waals surface area contributed by atoms with Gasteiger partial charge < -0.3 is 14.8 Å². The van der Waals surface area contributed by atoms with E-state index in [1.165, 1.54) is 11.5 Å². The van der Waals surface area contributed by atoms with Gasteiger partial charge in [0.25, 0.3) is 11.5 Å². The summed E-state index contributed by atoms with van der Waals surface area (Å²) in [6, 6.07) is 13.5. The largest absolute Gasteiger partial charge is 0.492 e. The highest BCUT2D eigenvalue weighted by molar-refractivity contribution is 5.96. The van der Waals surface area contributed by atoms with E-state index in [0.717, 1.165) is 4.57 Å². The molecule has 0 aliphatic rings. The Labute approximate surface area is 184 Å². The van der Waals surface area contributed by atoms with Crippen LogP contribution in [0.15, 0.2) is 58.1 Å². The summed E-state index contributed by atoms with van der Waals surface area (Å²) in [6.07, 6.45) is -1.11. The summed E-state index contributed by atoms with van der Waals surface area (Å²) in [6.45, 7) is 5.09. The van der Waals surface area contributed by atoms with Crippen molar-refractivity contribution in [1.29, 1.82) is 0 Å². The van der Waals surface area contributed by atoms with Crippen LogP contribution in [0.4, 0.5) is 5.69 Å². The molecule has 1 atom stereocenters. The molecule has 168 valence electrons. The lowest BCUT2D eigenvalue weighted by atomic mass is 10.2. The molecule has 3 rings (SSSR count). The third-order valence-corrected chi connectivity index (χ3v) is 4.86. The SMILES string of the molecule is CCOc1ccccc1NC(=O)C(C)OC(=O)Cn1c(=O)n(CC)c(=O)c2ccccc21. The summed E-state index contributed by atoms with van der Waals surface area (Å²) in [5.41, 5.74) is -0.249. The van der Waals surface area contributed by atoms with Crippen molar-refractivity contribution >= 4 is 28.5 Å². The molecule has 0 aliphatic carbocycles. The summed E-state index contributed by atoms with van der Waals surface area (Å²) in [5.74, 6) is -0.817. The van der Waals surface area contributed by atoms with Gasteiger partial charge in [-0.05, 0) is 45.0 Å². The molecule has 1 heterocycles. The minimum absolute atomic E-state index is 0.162. The van der Waals surface area contributed by atoms with Gasteiger partial charge in [-0.1, -0.05) is 24.3 Å². The maximum atomic E-state index is 12.8. The maximum Gasteiger partial charge on any atom is 0.332 e. The fraction of sp³-hybridized carbons (Fsp3) is 0.304. The first-order valence-electron chi connectivity index (χ1n) is 10.3. The van der Waals surface area contributed by atoms with Crippen LogP contribution in [0.2, 0.25) is 0 Å². The molecular formula is C23H25N3O6. The summed E-state index contributed by atoms with van der Waals surface area (Å²) in [7, 11) is 0. The fourth-order valence-electron chi connectivity index (χ4n) is 3.31. The van der Waals surface area contributed by atoms with E-state index in [4.69, 9.17) is 9.47 Å². The van der Waals surface area contributed by atoms with E-state index < -0.39 is 35.8 Å². The number of rotatable bonds is 8. The molecule has 9 heteroatoms. The van der Waals surface area contributed by atoms with Gasteiger partial charge in [-0.2, -0.15) is 0 Å². The van der Waals surface area contributed by atoms with Crippen molar-refractivity contribution in [3.8, 4) is 5.75 Å². The Balaban J connectivity index is 1.78. The molecule has 3 aromatic rings. The van der Waals surface area contributed by atoms with Crippen molar-refractivity contribution in [3.05, 3.63) is 69.4 Å². The van der Waals surface area contributed by atoms with Crippen LogP contribution < -0.4 is 21.3 Å². The number of carbonyl (C=O) groups excluding carboxylic acids is 2. The Bertz CT molecular complexity index is 1260. The van der Waals surface area contributed by atoms with Crippen molar-refractivity contribution in [2.45, 2.75) is 40.0 Å².